The molecule has 0 aliphatic carbocycles. The van der Waals surface area contributed by atoms with Crippen LogP contribution in [-0.4, -0.2) is 40.3 Å². The molecule has 7 nitrogen and oxygen atoms in total. The van der Waals surface area contributed by atoms with Crippen LogP contribution in [0.15, 0.2) is 83.8 Å². The highest BCUT2D eigenvalue weighted by Crippen LogP contribution is 2.15. The molecule has 0 aliphatic rings. The van der Waals surface area contributed by atoms with Gasteiger partial charge in [0.2, 0.25) is 5.91 Å². The van der Waals surface area contributed by atoms with Gasteiger partial charge in [0, 0.05) is 31.8 Å². The third kappa shape index (κ3) is 7.43. The van der Waals surface area contributed by atoms with Gasteiger partial charge in [-0.05, 0) is 36.6 Å². The van der Waals surface area contributed by atoms with E-state index in [1.807, 2.05) is 47.1 Å². The van der Waals surface area contributed by atoms with Gasteiger partial charge in [0.05, 0.1) is 18.0 Å². The minimum atomic E-state index is -0.421. The van der Waals surface area contributed by atoms with E-state index in [1.54, 1.807) is 18.2 Å². The molecule has 3 aromatic rings. The molecular formula is C26H29N3O4. The fraction of sp³-hybridized carbons (Fsp3) is 0.269. The van der Waals surface area contributed by atoms with Crippen LogP contribution in [0.5, 0.6) is 0 Å². The molecule has 0 spiro atoms. The molecule has 33 heavy (non-hydrogen) atoms. The molecule has 1 heterocycles. The molecule has 2 aromatic carbocycles. The van der Waals surface area contributed by atoms with Crippen molar-refractivity contribution in [3.63, 3.8) is 0 Å². The van der Waals surface area contributed by atoms with E-state index in [1.165, 1.54) is 17.7 Å². The fourth-order valence-electron chi connectivity index (χ4n) is 3.60. The van der Waals surface area contributed by atoms with Crippen LogP contribution in [0.25, 0.3) is 0 Å². The Kier molecular flexibility index (Phi) is 8.55. The number of rotatable bonds is 12. The fourth-order valence-corrected chi connectivity index (χ4v) is 3.60. The number of nitro groups is 1. The lowest BCUT2D eigenvalue weighted by molar-refractivity contribution is -0.384. The van der Waals surface area contributed by atoms with E-state index < -0.39 is 4.92 Å². The van der Waals surface area contributed by atoms with Gasteiger partial charge in [-0.15, -0.1) is 6.58 Å². The van der Waals surface area contributed by atoms with Crippen molar-refractivity contribution in [3.05, 3.63) is 112 Å². The first-order valence-corrected chi connectivity index (χ1v) is 10.9. The molecule has 3 rings (SSSR count). The summed E-state index contributed by atoms with van der Waals surface area (Å²) in [4.78, 5) is 27.6. The standard InChI is InChI=1S/C26H29N3O4/c1-3-16-27(18-23-10-12-24(13-11-23)29(31)32)20-26(30)28(19-25-14-9-21(2)33-25)17-15-22-7-5-4-6-8-22/h3-14H,1,15-20H2,2H3. The van der Waals surface area contributed by atoms with Crippen molar-refractivity contribution in [1.29, 1.82) is 0 Å². The first-order chi connectivity index (χ1) is 15.9. The number of carbonyl (C=O) groups is 1. The zero-order valence-corrected chi connectivity index (χ0v) is 18.9. The minimum Gasteiger partial charge on any atom is -0.464 e. The van der Waals surface area contributed by atoms with E-state index in [0.717, 1.165) is 23.5 Å². The normalized spacial score (nSPS) is 10.8. The summed E-state index contributed by atoms with van der Waals surface area (Å²) >= 11 is 0. The number of furan rings is 1. The largest absolute Gasteiger partial charge is 0.464 e. The molecule has 0 fully saturated rings. The molecule has 1 aromatic heterocycles. The SMILES string of the molecule is C=CCN(CC(=O)N(CCc1ccccc1)Cc1ccc(C)o1)Cc1ccc([N+](=O)[O-])cc1. The maximum absolute atomic E-state index is 13.3. The highest BCUT2D eigenvalue weighted by atomic mass is 16.6. The number of amides is 1. The maximum Gasteiger partial charge on any atom is 0.269 e. The van der Waals surface area contributed by atoms with Gasteiger partial charge in [-0.1, -0.05) is 48.5 Å². The number of hydrogen-bond acceptors (Lipinski definition) is 5. The van der Waals surface area contributed by atoms with Gasteiger partial charge in [0.15, 0.2) is 0 Å². The Bertz CT molecular complexity index is 1060. The number of aryl methyl sites for hydroxylation is 1. The van der Waals surface area contributed by atoms with Gasteiger partial charge in [-0.2, -0.15) is 0 Å². The Morgan fingerprint density at radius 3 is 2.36 bits per heavy atom. The van der Waals surface area contributed by atoms with Gasteiger partial charge in [0.1, 0.15) is 11.5 Å². The summed E-state index contributed by atoms with van der Waals surface area (Å²) < 4.78 is 5.72. The van der Waals surface area contributed by atoms with Crippen LogP contribution in [0.1, 0.15) is 22.6 Å². The molecule has 0 radical (unpaired) electrons. The second-order valence-electron chi connectivity index (χ2n) is 7.95. The monoisotopic (exact) mass is 447 g/mol. The van der Waals surface area contributed by atoms with Crippen LogP contribution in [0.3, 0.4) is 0 Å². The summed E-state index contributed by atoms with van der Waals surface area (Å²) in [6.45, 7) is 7.88. The molecule has 0 unspecified atom stereocenters. The van der Waals surface area contributed by atoms with Gasteiger partial charge < -0.3 is 9.32 Å². The summed E-state index contributed by atoms with van der Waals surface area (Å²) in [5, 5.41) is 10.9. The summed E-state index contributed by atoms with van der Waals surface area (Å²) in [7, 11) is 0. The molecule has 7 heteroatoms. The van der Waals surface area contributed by atoms with Crippen LogP contribution < -0.4 is 0 Å². The summed E-state index contributed by atoms with van der Waals surface area (Å²) in [6, 6.07) is 20.3. The van der Waals surface area contributed by atoms with Gasteiger partial charge >= 0.3 is 0 Å². The van der Waals surface area contributed by atoms with Gasteiger partial charge in [-0.3, -0.25) is 19.8 Å². The highest BCUT2D eigenvalue weighted by molar-refractivity contribution is 5.78. The van der Waals surface area contributed by atoms with Crippen molar-refractivity contribution in [3.8, 4) is 0 Å². The predicted octanol–water partition coefficient (Wildman–Crippen LogP) is 4.76. The van der Waals surface area contributed by atoms with E-state index in [-0.39, 0.29) is 18.1 Å². The lowest BCUT2D eigenvalue weighted by Crippen LogP contribution is -2.40. The van der Waals surface area contributed by atoms with Crippen LogP contribution >= 0.6 is 0 Å². The van der Waals surface area contributed by atoms with Crippen molar-refractivity contribution in [2.45, 2.75) is 26.4 Å². The molecule has 0 saturated carbocycles. The first kappa shape index (κ1) is 23.9. The van der Waals surface area contributed by atoms with Crippen molar-refractivity contribution < 1.29 is 14.1 Å². The Morgan fingerprint density at radius 2 is 1.76 bits per heavy atom. The molecule has 1 amide bonds. The Balaban J connectivity index is 1.69. The number of hydrogen-bond donors (Lipinski definition) is 0. The third-order valence-electron chi connectivity index (χ3n) is 5.31. The summed E-state index contributed by atoms with van der Waals surface area (Å²) in [5.41, 5.74) is 2.11. The molecule has 0 N–H and O–H groups in total. The molecular weight excluding hydrogens is 418 g/mol. The van der Waals surface area contributed by atoms with Crippen LogP contribution in [0.2, 0.25) is 0 Å². The van der Waals surface area contributed by atoms with E-state index in [0.29, 0.717) is 26.2 Å². The lowest BCUT2D eigenvalue weighted by atomic mass is 10.1. The predicted molar refractivity (Wildman–Crippen MR) is 128 cm³/mol. The second kappa shape index (κ2) is 11.8. The lowest BCUT2D eigenvalue weighted by Gasteiger charge is -2.26. The van der Waals surface area contributed by atoms with Crippen molar-refractivity contribution in [1.82, 2.24) is 9.80 Å². The molecule has 0 bridgehead atoms. The minimum absolute atomic E-state index is 0.0104. The molecule has 0 atom stereocenters. The van der Waals surface area contributed by atoms with E-state index in [2.05, 4.69) is 18.7 Å². The number of carbonyl (C=O) groups excluding carboxylic acids is 1. The second-order valence-corrected chi connectivity index (χ2v) is 7.95. The zero-order chi connectivity index (χ0) is 23.6. The number of nitrogens with zero attached hydrogens (tertiary/aromatic N) is 3. The molecule has 0 saturated heterocycles. The van der Waals surface area contributed by atoms with Crippen molar-refractivity contribution in [2.24, 2.45) is 0 Å². The zero-order valence-electron chi connectivity index (χ0n) is 18.9. The molecule has 172 valence electrons. The summed E-state index contributed by atoms with van der Waals surface area (Å²) in [6.07, 6.45) is 2.50. The average molecular weight is 448 g/mol. The quantitative estimate of drug-likeness (QED) is 0.227. The highest BCUT2D eigenvalue weighted by Gasteiger charge is 2.19. The van der Waals surface area contributed by atoms with Gasteiger partial charge in [0.25, 0.3) is 5.69 Å². The Morgan fingerprint density at radius 1 is 1.03 bits per heavy atom. The number of nitro benzene ring substituents is 1. The summed E-state index contributed by atoms with van der Waals surface area (Å²) in [5.74, 6) is 1.55. The number of non-ortho nitro benzene ring substituents is 1. The van der Waals surface area contributed by atoms with Crippen LogP contribution in [0.4, 0.5) is 5.69 Å². The Labute approximate surface area is 194 Å². The topological polar surface area (TPSA) is 79.8 Å². The van der Waals surface area contributed by atoms with Crippen LogP contribution in [0, 0.1) is 17.0 Å². The van der Waals surface area contributed by atoms with Crippen molar-refractivity contribution in [2.75, 3.05) is 19.6 Å². The van der Waals surface area contributed by atoms with E-state index >= 15 is 0 Å². The number of benzene rings is 2. The van der Waals surface area contributed by atoms with E-state index in [9.17, 15) is 14.9 Å². The Hall–Kier alpha value is -3.71. The third-order valence-corrected chi connectivity index (χ3v) is 5.31. The molecule has 0 aliphatic heterocycles. The first-order valence-electron chi connectivity index (χ1n) is 10.9. The maximum atomic E-state index is 13.3. The smallest absolute Gasteiger partial charge is 0.269 e. The van der Waals surface area contributed by atoms with Crippen LogP contribution in [-0.2, 0) is 24.3 Å². The van der Waals surface area contributed by atoms with E-state index in [4.69, 9.17) is 4.42 Å². The average Bonchev–Trinajstić information content (AvgIpc) is 3.22. The van der Waals surface area contributed by atoms with Gasteiger partial charge in [-0.25, -0.2) is 0 Å². The van der Waals surface area contributed by atoms with Crippen molar-refractivity contribution >= 4 is 11.6 Å².